The van der Waals surface area contributed by atoms with Gasteiger partial charge in [0.25, 0.3) is 0 Å². The van der Waals surface area contributed by atoms with Crippen LogP contribution in [0.2, 0.25) is 5.02 Å². The van der Waals surface area contributed by atoms with Gasteiger partial charge in [0, 0.05) is 11.6 Å². The van der Waals surface area contributed by atoms with Crippen molar-refractivity contribution < 1.29 is 13.5 Å². The Kier molecular flexibility index (Phi) is 6.04. The van der Waals surface area contributed by atoms with Gasteiger partial charge >= 0.3 is 0 Å². The summed E-state index contributed by atoms with van der Waals surface area (Å²) < 4.78 is 27.4. The van der Waals surface area contributed by atoms with Crippen LogP contribution >= 0.6 is 11.6 Å². The number of benzene rings is 2. The monoisotopic (exact) mass is 367 g/mol. The zero-order valence-electron chi connectivity index (χ0n) is 13.8. The van der Waals surface area contributed by atoms with Crippen LogP contribution in [0.5, 0.6) is 0 Å². The van der Waals surface area contributed by atoms with Crippen molar-refractivity contribution in [1.82, 2.24) is 4.72 Å². The zero-order chi connectivity index (χ0) is 17.8. The summed E-state index contributed by atoms with van der Waals surface area (Å²) in [6, 6.07) is 14.5. The zero-order valence-corrected chi connectivity index (χ0v) is 15.4. The van der Waals surface area contributed by atoms with Crippen molar-refractivity contribution in [2.75, 3.05) is 6.54 Å². The summed E-state index contributed by atoms with van der Waals surface area (Å²) >= 11 is 5.89. The minimum Gasteiger partial charge on any atom is -0.389 e. The van der Waals surface area contributed by atoms with Gasteiger partial charge in [-0.15, -0.1) is 0 Å². The number of sulfonamides is 1. The Morgan fingerprint density at radius 1 is 1.17 bits per heavy atom. The summed E-state index contributed by atoms with van der Waals surface area (Å²) in [6.07, 6.45) is 1.12. The summed E-state index contributed by atoms with van der Waals surface area (Å²) in [7, 11) is -3.72. The molecule has 0 aromatic heterocycles. The van der Waals surface area contributed by atoms with Crippen molar-refractivity contribution in [3.63, 3.8) is 0 Å². The number of rotatable bonds is 7. The van der Waals surface area contributed by atoms with E-state index in [-0.39, 0.29) is 11.4 Å². The van der Waals surface area contributed by atoms with Crippen LogP contribution in [0.15, 0.2) is 53.4 Å². The highest BCUT2D eigenvalue weighted by molar-refractivity contribution is 7.89. The van der Waals surface area contributed by atoms with Crippen molar-refractivity contribution in [2.45, 2.75) is 37.2 Å². The van der Waals surface area contributed by atoms with Crippen LogP contribution in [-0.4, -0.2) is 25.7 Å². The molecule has 2 aromatic carbocycles. The summed E-state index contributed by atoms with van der Waals surface area (Å²) in [5.41, 5.74) is 0.567. The Hall–Kier alpha value is -1.40. The third-order valence-electron chi connectivity index (χ3n) is 3.88. The van der Waals surface area contributed by atoms with E-state index in [1.165, 1.54) is 6.07 Å². The molecule has 0 amide bonds. The van der Waals surface area contributed by atoms with E-state index in [9.17, 15) is 13.5 Å². The topological polar surface area (TPSA) is 66.4 Å². The van der Waals surface area contributed by atoms with Gasteiger partial charge in [-0.05, 0) is 49.9 Å². The molecular formula is C18H22ClNO3S. The van der Waals surface area contributed by atoms with E-state index in [2.05, 4.69) is 4.72 Å². The minimum absolute atomic E-state index is 0.0614. The molecule has 24 heavy (non-hydrogen) atoms. The van der Waals surface area contributed by atoms with Crippen molar-refractivity contribution in [3.8, 4) is 0 Å². The van der Waals surface area contributed by atoms with E-state index in [0.717, 1.165) is 5.56 Å². The molecule has 0 aliphatic heterocycles. The molecule has 0 heterocycles. The molecular weight excluding hydrogens is 346 g/mol. The lowest BCUT2D eigenvalue weighted by molar-refractivity contribution is 0.0565. The number of hydrogen-bond donors (Lipinski definition) is 2. The second-order valence-corrected chi connectivity index (χ2v) is 8.39. The van der Waals surface area contributed by atoms with Gasteiger partial charge < -0.3 is 5.11 Å². The van der Waals surface area contributed by atoms with E-state index in [1.807, 2.05) is 30.3 Å². The third-order valence-corrected chi connectivity index (χ3v) is 5.66. The standard InChI is InChI=1S/C18H22ClNO3S/c1-14-8-9-16(19)12-17(14)24(22,23)20-13-18(2,21)11-10-15-6-4-3-5-7-15/h3-9,12,20-21H,10-11,13H2,1-2H3. The van der Waals surface area contributed by atoms with Gasteiger partial charge in [0.05, 0.1) is 10.5 Å². The van der Waals surface area contributed by atoms with Gasteiger partial charge in [-0.25, -0.2) is 13.1 Å². The molecule has 130 valence electrons. The Bertz CT molecular complexity index is 789. The molecule has 2 rings (SSSR count). The molecule has 0 bridgehead atoms. The van der Waals surface area contributed by atoms with Crippen LogP contribution in [0.25, 0.3) is 0 Å². The molecule has 0 aliphatic rings. The molecule has 1 atom stereocenters. The fraction of sp³-hybridized carbons (Fsp3) is 0.333. The van der Waals surface area contributed by atoms with Crippen molar-refractivity contribution in [2.24, 2.45) is 0 Å². The first-order valence-corrected chi connectivity index (χ1v) is 9.58. The normalized spacial score (nSPS) is 14.3. The van der Waals surface area contributed by atoms with E-state index in [1.54, 1.807) is 26.0 Å². The maximum Gasteiger partial charge on any atom is 0.240 e. The quantitative estimate of drug-likeness (QED) is 0.789. The Morgan fingerprint density at radius 2 is 1.83 bits per heavy atom. The molecule has 2 aromatic rings. The summed E-state index contributed by atoms with van der Waals surface area (Å²) in [4.78, 5) is 0.133. The molecule has 0 aliphatic carbocycles. The Labute approximate surface area is 148 Å². The fourth-order valence-electron chi connectivity index (χ4n) is 2.34. The molecule has 4 nitrogen and oxygen atoms in total. The van der Waals surface area contributed by atoms with Gasteiger partial charge in [0.2, 0.25) is 10.0 Å². The van der Waals surface area contributed by atoms with Crippen molar-refractivity contribution in [3.05, 3.63) is 64.7 Å². The average Bonchev–Trinajstić information content (AvgIpc) is 2.55. The van der Waals surface area contributed by atoms with Crippen LogP contribution < -0.4 is 4.72 Å². The largest absolute Gasteiger partial charge is 0.389 e. The van der Waals surface area contributed by atoms with Gasteiger partial charge in [-0.3, -0.25) is 0 Å². The molecule has 1 unspecified atom stereocenters. The summed E-state index contributed by atoms with van der Waals surface area (Å²) in [6.45, 7) is 3.27. The van der Waals surface area contributed by atoms with E-state index in [0.29, 0.717) is 23.4 Å². The predicted molar refractivity (Wildman–Crippen MR) is 96.8 cm³/mol. The maximum atomic E-state index is 12.4. The highest BCUT2D eigenvalue weighted by Crippen LogP contribution is 2.21. The smallest absolute Gasteiger partial charge is 0.240 e. The highest BCUT2D eigenvalue weighted by Gasteiger charge is 2.25. The van der Waals surface area contributed by atoms with Crippen LogP contribution in [0.4, 0.5) is 0 Å². The first-order chi connectivity index (χ1) is 11.2. The first kappa shape index (κ1) is 18.9. The van der Waals surface area contributed by atoms with Gasteiger partial charge in [-0.2, -0.15) is 0 Å². The number of halogens is 1. The van der Waals surface area contributed by atoms with Crippen LogP contribution in [0.3, 0.4) is 0 Å². The molecule has 0 radical (unpaired) electrons. The summed E-state index contributed by atoms with van der Waals surface area (Å²) in [5, 5.41) is 10.8. The average molecular weight is 368 g/mol. The van der Waals surface area contributed by atoms with E-state index < -0.39 is 15.6 Å². The molecule has 2 N–H and O–H groups in total. The second-order valence-electron chi connectivity index (χ2n) is 6.22. The SMILES string of the molecule is Cc1ccc(Cl)cc1S(=O)(=O)NCC(C)(O)CCc1ccccc1. The number of nitrogens with one attached hydrogen (secondary N) is 1. The first-order valence-electron chi connectivity index (χ1n) is 7.72. The Morgan fingerprint density at radius 3 is 2.50 bits per heavy atom. The lowest BCUT2D eigenvalue weighted by atomic mass is 9.97. The van der Waals surface area contributed by atoms with Crippen LogP contribution in [0, 0.1) is 6.92 Å². The minimum atomic E-state index is -3.72. The number of hydrogen-bond acceptors (Lipinski definition) is 3. The number of aliphatic hydroxyl groups is 1. The van der Waals surface area contributed by atoms with E-state index in [4.69, 9.17) is 11.6 Å². The molecule has 0 spiro atoms. The Balaban J connectivity index is 2.01. The molecule has 0 saturated heterocycles. The predicted octanol–water partition coefficient (Wildman–Crippen LogP) is 3.31. The van der Waals surface area contributed by atoms with Crippen molar-refractivity contribution in [1.29, 1.82) is 0 Å². The van der Waals surface area contributed by atoms with E-state index >= 15 is 0 Å². The lowest BCUT2D eigenvalue weighted by Crippen LogP contribution is -2.41. The molecule has 0 saturated carbocycles. The van der Waals surface area contributed by atoms with Gasteiger partial charge in [-0.1, -0.05) is 48.0 Å². The van der Waals surface area contributed by atoms with Crippen molar-refractivity contribution >= 4 is 21.6 Å². The number of aryl methyl sites for hydroxylation is 2. The second kappa shape index (κ2) is 7.66. The summed E-state index contributed by atoms with van der Waals surface area (Å²) in [5.74, 6) is 0. The van der Waals surface area contributed by atoms with Crippen LogP contribution in [0.1, 0.15) is 24.5 Å². The molecule has 0 fully saturated rings. The van der Waals surface area contributed by atoms with Crippen LogP contribution in [-0.2, 0) is 16.4 Å². The molecule has 6 heteroatoms. The maximum absolute atomic E-state index is 12.4. The third kappa shape index (κ3) is 5.31. The highest BCUT2D eigenvalue weighted by atomic mass is 35.5. The van der Waals surface area contributed by atoms with Gasteiger partial charge in [0.15, 0.2) is 0 Å². The van der Waals surface area contributed by atoms with Gasteiger partial charge in [0.1, 0.15) is 0 Å². The fourth-order valence-corrected chi connectivity index (χ4v) is 4.01. The lowest BCUT2D eigenvalue weighted by Gasteiger charge is -2.24.